The molecule has 1 N–H and O–H groups in total. The number of methoxy groups -OCH3 is 2. The van der Waals surface area contributed by atoms with Crippen LogP contribution in [0, 0.1) is 11.8 Å². The third-order valence-electron chi connectivity index (χ3n) is 7.94. The standard InChI is InChI=1S/C29H35N3O5/c1-36-24-14-13-21(16-25(24)37-2)32-28(34)22-11-6-12-23(26(22)29(32)35)31-15-7-10-20(18-31)27(33)30-17-19-8-4-3-5-9-19/h6,11-14,16,19-20H,3-5,7-10,15,17-18H2,1-2H3,(H,30,33). The van der Waals surface area contributed by atoms with Crippen LogP contribution in [-0.2, 0) is 4.79 Å². The zero-order valence-corrected chi connectivity index (χ0v) is 21.6. The Labute approximate surface area is 217 Å². The summed E-state index contributed by atoms with van der Waals surface area (Å²) in [6.45, 7) is 2.02. The van der Waals surface area contributed by atoms with Crippen molar-refractivity contribution in [3.63, 3.8) is 0 Å². The molecule has 2 aliphatic heterocycles. The molecule has 0 aromatic heterocycles. The molecular formula is C29H35N3O5. The minimum absolute atomic E-state index is 0.0946. The first-order chi connectivity index (χ1) is 18.0. The summed E-state index contributed by atoms with van der Waals surface area (Å²) in [5.41, 5.74) is 1.91. The maximum absolute atomic E-state index is 13.6. The largest absolute Gasteiger partial charge is 0.493 e. The second-order valence-corrected chi connectivity index (χ2v) is 10.2. The summed E-state index contributed by atoms with van der Waals surface area (Å²) in [6.07, 6.45) is 7.88. The third-order valence-corrected chi connectivity index (χ3v) is 7.94. The lowest BCUT2D eigenvalue weighted by atomic mass is 9.89. The van der Waals surface area contributed by atoms with E-state index in [1.165, 1.54) is 51.2 Å². The van der Waals surface area contributed by atoms with Gasteiger partial charge in [-0.15, -0.1) is 0 Å². The maximum Gasteiger partial charge on any atom is 0.268 e. The number of benzene rings is 2. The van der Waals surface area contributed by atoms with Crippen LogP contribution in [0.1, 0.15) is 65.7 Å². The van der Waals surface area contributed by atoms with Crippen LogP contribution in [0.15, 0.2) is 36.4 Å². The molecule has 1 saturated carbocycles. The monoisotopic (exact) mass is 505 g/mol. The molecular weight excluding hydrogens is 470 g/mol. The van der Waals surface area contributed by atoms with Crippen LogP contribution in [0.3, 0.4) is 0 Å². The molecule has 2 fully saturated rings. The molecule has 0 bridgehead atoms. The minimum Gasteiger partial charge on any atom is -0.493 e. The van der Waals surface area contributed by atoms with E-state index in [-0.39, 0.29) is 23.6 Å². The first-order valence-electron chi connectivity index (χ1n) is 13.3. The Morgan fingerprint density at radius 2 is 1.73 bits per heavy atom. The van der Waals surface area contributed by atoms with Crippen molar-refractivity contribution in [1.82, 2.24) is 5.32 Å². The Morgan fingerprint density at radius 3 is 2.49 bits per heavy atom. The molecule has 3 amide bonds. The van der Waals surface area contributed by atoms with Gasteiger partial charge >= 0.3 is 0 Å². The van der Waals surface area contributed by atoms with E-state index in [2.05, 4.69) is 10.2 Å². The normalized spacial score (nSPS) is 20.1. The number of hydrogen-bond acceptors (Lipinski definition) is 6. The Balaban J connectivity index is 1.34. The number of carbonyl (C=O) groups is 3. The van der Waals surface area contributed by atoms with Crippen LogP contribution in [0.25, 0.3) is 0 Å². The van der Waals surface area contributed by atoms with Crippen LogP contribution in [0.2, 0.25) is 0 Å². The number of fused-ring (bicyclic) bond motifs is 1. The number of nitrogens with one attached hydrogen (secondary N) is 1. The zero-order chi connectivity index (χ0) is 25.9. The summed E-state index contributed by atoms with van der Waals surface area (Å²) in [7, 11) is 3.05. The van der Waals surface area contributed by atoms with Gasteiger partial charge in [0.15, 0.2) is 11.5 Å². The number of amides is 3. The molecule has 0 spiro atoms. The Morgan fingerprint density at radius 1 is 0.946 bits per heavy atom. The van der Waals surface area contributed by atoms with Gasteiger partial charge in [0, 0.05) is 25.7 Å². The van der Waals surface area contributed by atoms with Crippen LogP contribution >= 0.6 is 0 Å². The van der Waals surface area contributed by atoms with Crippen molar-refractivity contribution in [3.05, 3.63) is 47.5 Å². The van der Waals surface area contributed by atoms with Crippen LogP contribution in [-0.4, -0.2) is 51.6 Å². The lowest BCUT2D eigenvalue weighted by Gasteiger charge is -2.35. The van der Waals surface area contributed by atoms with Crippen molar-refractivity contribution in [2.75, 3.05) is 43.7 Å². The predicted molar refractivity (Wildman–Crippen MR) is 142 cm³/mol. The van der Waals surface area contributed by atoms with Gasteiger partial charge in [-0.3, -0.25) is 14.4 Å². The van der Waals surface area contributed by atoms with E-state index in [0.29, 0.717) is 46.5 Å². The van der Waals surface area contributed by atoms with E-state index in [1.807, 2.05) is 12.1 Å². The number of anilines is 2. The average Bonchev–Trinajstić information content (AvgIpc) is 3.21. The molecule has 2 aromatic rings. The Bertz CT molecular complexity index is 1190. The molecule has 8 heteroatoms. The highest BCUT2D eigenvalue weighted by Gasteiger charge is 2.40. The molecule has 1 saturated heterocycles. The Hall–Kier alpha value is -3.55. The predicted octanol–water partition coefficient (Wildman–Crippen LogP) is 4.42. The van der Waals surface area contributed by atoms with Crippen molar-refractivity contribution in [2.45, 2.75) is 44.9 Å². The van der Waals surface area contributed by atoms with Crippen LogP contribution in [0.5, 0.6) is 11.5 Å². The molecule has 1 aliphatic carbocycles. The van der Waals surface area contributed by atoms with Gasteiger partial charge in [-0.2, -0.15) is 0 Å². The number of nitrogens with zero attached hydrogens (tertiary/aromatic N) is 2. The number of ether oxygens (including phenoxy) is 2. The van der Waals surface area contributed by atoms with Gasteiger partial charge in [0.1, 0.15) is 0 Å². The zero-order valence-electron chi connectivity index (χ0n) is 21.6. The highest BCUT2D eigenvalue weighted by Crippen LogP contribution is 2.39. The molecule has 1 atom stereocenters. The van der Waals surface area contributed by atoms with Gasteiger partial charge in [-0.1, -0.05) is 25.3 Å². The second kappa shape index (κ2) is 10.8. The van der Waals surface area contributed by atoms with Crippen molar-refractivity contribution < 1.29 is 23.9 Å². The molecule has 3 aliphatic rings. The molecule has 8 nitrogen and oxygen atoms in total. The smallest absolute Gasteiger partial charge is 0.268 e. The average molecular weight is 506 g/mol. The lowest BCUT2D eigenvalue weighted by Crippen LogP contribution is -2.44. The summed E-state index contributed by atoms with van der Waals surface area (Å²) in [6, 6.07) is 10.4. The first-order valence-corrected chi connectivity index (χ1v) is 13.3. The molecule has 5 rings (SSSR count). The number of rotatable bonds is 7. The summed E-state index contributed by atoms with van der Waals surface area (Å²) < 4.78 is 10.7. The highest BCUT2D eigenvalue weighted by molar-refractivity contribution is 6.36. The number of hydrogen-bond donors (Lipinski definition) is 1. The molecule has 37 heavy (non-hydrogen) atoms. The van der Waals surface area contributed by atoms with E-state index in [9.17, 15) is 14.4 Å². The van der Waals surface area contributed by atoms with Gasteiger partial charge in [-0.05, 0) is 55.9 Å². The Kier molecular flexibility index (Phi) is 7.35. The molecule has 196 valence electrons. The summed E-state index contributed by atoms with van der Waals surface area (Å²) in [5, 5.41) is 3.19. The van der Waals surface area contributed by atoms with Crippen molar-refractivity contribution in [3.8, 4) is 11.5 Å². The number of piperidine rings is 1. The van der Waals surface area contributed by atoms with E-state index < -0.39 is 0 Å². The first kappa shape index (κ1) is 25.1. The molecule has 1 unspecified atom stereocenters. The van der Waals surface area contributed by atoms with Crippen LogP contribution < -0.4 is 24.6 Å². The topological polar surface area (TPSA) is 88.2 Å². The van der Waals surface area contributed by atoms with Crippen molar-refractivity contribution in [1.29, 1.82) is 0 Å². The van der Waals surface area contributed by atoms with E-state index in [4.69, 9.17) is 9.47 Å². The fourth-order valence-corrected chi connectivity index (χ4v) is 5.92. The summed E-state index contributed by atoms with van der Waals surface area (Å²) >= 11 is 0. The molecule has 2 aromatic carbocycles. The summed E-state index contributed by atoms with van der Waals surface area (Å²) in [4.78, 5) is 43.3. The van der Waals surface area contributed by atoms with Crippen LogP contribution in [0.4, 0.5) is 11.4 Å². The fraction of sp³-hybridized carbons (Fsp3) is 0.483. The number of carbonyl (C=O) groups excluding carboxylic acids is 3. The summed E-state index contributed by atoms with van der Waals surface area (Å²) in [5.74, 6) is 0.764. The molecule has 2 heterocycles. The maximum atomic E-state index is 13.6. The second-order valence-electron chi connectivity index (χ2n) is 10.2. The van der Waals surface area contributed by atoms with Gasteiger partial charge in [0.05, 0.1) is 42.6 Å². The molecule has 0 radical (unpaired) electrons. The van der Waals surface area contributed by atoms with Crippen molar-refractivity contribution in [2.24, 2.45) is 11.8 Å². The highest BCUT2D eigenvalue weighted by atomic mass is 16.5. The van der Waals surface area contributed by atoms with Crippen molar-refractivity contribution >= 4 is 29.1 Å². The quantitative estimate of drug-likeness (QED) is 0.561. The fourth-order valence-electron chi connectivity index (χ4n) is 5.92. The minimum atomic E-state index is -0.369. The van der Waals surface area contributed by atoms with Gasteiger partial charge in [0.2, 0.25) is 5.91 Å². The SMILES string of the molecule is COc1ccc(N2C(=O)c3cccc(N4CCCC(C(=O)NCC5CCCCC5)C4)c3C2=O)cc1OC. The van der Waals surface area contributed by atoms with E-state index >= 15 is 0 Å². The third kappa shape index (κ3) is 4.89. The number of imide groups is 1. The van der Waals surface area contributed by atoms with E-state index in [1.54, 1.807) is 24.3 Å². The van der Waals surface area contributed by atoms with Gasteiger partial charge < -0.3 is 19.7 Å². The van der Waals surface area contributed by atoms with Gasteiger partial charge in [-0.25, -0.2) is 4.90 Å². The van der Waals surface area contributed by atoms with E-state index in [0.717, 1.165) is 25.9 Å². The lowest BCUT2D eigenvalue weighted by molar-refractivity contribution is -0.125. The van der Waals surface area contributed by atoms with Gasteiger partial charge in [0.25, 0.3) is 11.8 Å².